The number of benzene rings is 3. The van der Waals surface area contributed by atoms with Crippen LogP contribution >= 0.6 is 0 Å². The highest BCUT2D eigenvalue weighted by atomic mass is 16.4. The minimum absolute atomic E-state index is 0.246. The van der Waals surface area contributed by atoms with Crippen molar-refractivity contribution < 1.29 is 18.8 Å². The van der Waals surface area contributed by atoms with Crippen LogP contribution < -0.4 is 10.7 Å². The number of nitrogens with one attached hydrogen (secondary N) is 2. The second-order valence-electron chi connectivity index (χ2n) is 7.31. The molecular formula is C24H17N5O4. The highest BCUT2D eigenvalue weighted by molar-refractivity contribution is 6.11. The van der Waals surface area contributed by atoms with E-state index in [0.29, 0.717) is 27.6 Å². The summed E-state index contributed by atoms with van der Waals surface area (Å²) in [5.74, 6) is -0.917. The lowest BCUT2D eigenvalue weighted by molar-refractivity contribution is -0.131. The molecule has 3 aromatic carbocycles. The quantitative estimate of drug-likeness (QED) is 0.462. The molecule has 0 unspecified atom stereocenters. The Morgan fingerprint density at radius 1 is 0.879 bits per heavy atom. The lowest BCUT2D eigenvalue weighted by Gasteiger charge is -2.27. The average molecular weight is 439 g/mol. The molecular weight excluding hydrogens is 422 g/mol. The minimum Gasteiger partial charge on any atom is -0.423 e. The molecule has 0 radical (unpaired) electrons. The van der Waals surface area contributed by atoms with Crippen molar-refractivity contribution in [2.45, 2.75) is 5.54 Å². The van der Waals surface area contributed by atoms with E-state index in [-0.39, 0.29) is 5.56 Å². The zero-order valence-corrected chi connectivity index (χ0v) is 17.1. The molecule has 0 spiro atoms. The fourth-order valence-corrected chi connectivity index (χ4v) is 3.79. The van der Waals surface area contributed by atoms with Crippen molar-refractivity contribution in [1.29, 1.82) is 0 Å². The molecule has 0 atom stereocenters. The first-order valence-electron chi connectivity index (χ1n) is 10.0. The Kier molecular flexibility index (Phi) is 4.91. The number of aromatic nitrogens is 2. The van der Waals surface area contributed by atoms with Crippen LogP contribution in [0, 0.1) is 0 Å². The van der Waals surface area contributed by atoms with Crippen LogP contribution in [0.4, 0.5) is 4.79 Å². The third-order valence-corrected chi connectivity index (χ3v) is 5.40. The first-order valence-corrected chi connectivity index (χ1v) is 10.0. The summed E-state index contributed by atoms with van der Waals surface area (Å²) in [5.41, 5.74) is 3.00. The summed E-state index contributed by atoms with van der Waals surface area (Å²) in [7, 11) is 0. The number of hydrazine groups is 1. The Morgan fingerprint density at radius 2 is 1.48 bits per heavy atom. The minimum atomic E-state index is -1.46. The van der Waals surface area contributed by atoms with Crippen LogP contribution in [0.3, 0.4) is 0 Å². The number of carbonyl (C=O) groups is 3. The Balaban J connectivity index is 1.44. The van der Waals surface area contributed by atoms with Crippen molar-refractivity contribution in [3.8, 4) is 11.5 Å². The summed E-state index contributed by atoms with van der Waals surface area (Å²) < 4.78 is 5.13. The van der Waals surface area contributed by atoms with Crippen molar-refractivity contribution >= 4 is 17.8 Å². The zero-order chi connectivity index (χ0) is 22.8. The van der Waals surface area contributed by atoms with Gasteiger partial charge in [0.2, 0.25) is 12.3 Å². The number of hydrogen-bond donors (Lipinski definition) is 2. The number of amides is 4. The lowest BCUT2D eigenvalue weighted by Crippen LogP contribution is -2.49. The van der Waals surface area contributed by atoms with Gasteiger partial charge in [-0.1, -0.05) is 60.7 Å². The second kappa shape index (κ2) is 8.04. The van der Waals surface area contributed by atoms with Gasteiger partial charge in [-0.3, -0.25) is 15.0 Å². The van der Waals surface area contributed by atoms with Gasteiger partial charge in [0.05, 0.1) is 0 Å². The van der Waals surface area contributed by atoms with E-state index in [1.807, 2.05) is 12.1 Å². The summed E-state index contributed by atoms with van der Waals surface area (Å²) in [6.07, 6.45) is 1.21. The maximum absolute atomic E-state index is 13.6. The third kappa shape index (κ3) is 3.41. The molecule has 1 aromatic heterocycles. The highest BCUT2D eigenvalue weighted by Gasteiger charge is 2.54. The third-order valence-electron chi connectivity index (χ3n) is 5.40. The molecule has 162 valence electrons. The van der Waals surface area contributed by atoms with Crippen molar-refractivity contribution in [2.75, 3.05) is 0 Å². The number of carbonyl (C=O) groups excluding carboxylic acids is 3. The van der Waals surface area contributed by atoms with E-state index in [1.54, 1.807) is 60.7 Å². The number of urea groups is 1. The molecule has 2 heterocycles. The second-order valence-corrected chi connectivity index (χ2v) is 7.31. The van der Waals surface area contributed by atoms with Gasteiger partial charge in [-0.2, -0.15) is 5.01 Å². The molecule has 1 fully saturated rings. The smallest absolute Gasteiger partial charge is 0.344 e. The predicted molar refractivity (Wildman–Crippen MR) is 116 cm³/mol. The van der Waals surface area contributed by atoms with Gasteiger partial charge in [0.1, 0.15) is 0 Å². The van der Waals surface area contributed by atoms with Crippen molar-refractivity contribution in [3.63, 3.8) is 0 Å². The molecule has 4 amide bonds. The molecule has 2 N–H and O–H groups in total. The molecule has 1 saturated heterocycles. The van der Waals surface area contributed by atoms with Crippen LogP contribution in [0.25, 0.3) is 11.5 Å². The molecule has 9 nitrogen and oxygen atoms in total. The van der Waals surface area contributed by atoms with Gasteiger partial charge in [0.25, 0.3) is 11.8 Å². The van der Waals surface area contributed by atoms with Gasteiger partial charge in [-0.25, -0.2) is 4.79 Å². The van der Waals surface area contributed by atoms with E-state index in [0.717, 1.165) is 0 Å². The molecule has 0 saturated carbocycles. The Morgan fingerprint density at radius 3 is 2.03 bits per heavy atom. The lowest BCUT2D eigenvalue weighted by atomic mass is 9.83. The molecule has 4 aromatic rings. The van der Waals surface area contributed by atoms with E-state index >= 15 is 0 Å². The summed E-state index contributed by atoms with van der Waals surface area (Å²) in [6.45, 7) is 0. The summed E-state index contributed by atoms with van der Waals surface area (Å²) in [6, 6.07) is 23.4. The first kappa shape index (κ1) is 20.1. The Bertz CT molecular complexity index is 1270. The molecule has 0 aliphatic carbocycles. The van der Waals surface area contributed by atoms with Gasteiger partial charge in [0.15, 0.2) is 5.54 Å². The number of nitrogens with zero attached hydrogens (tertiary/aromatic N) is 3. The van der Waals surface area contributed by atoms with Crippen LogP contribution in [-0.2, 0) is 10.3 Å². The maximum atomic E-state index is 13.6. The molecule has 1 aliphatic rings. The van der Waals surface area contributed by atoms with E-state index < -0.39 is 23.4 Å². The van der Waals surface area contributed by atoms with Crippen LogP contribution in [0.15, 0.2) is 95.7 Å². The van der Waals surface area contributed by atoms with Gasteiger partial charge in [0, 0.05) is 11.1 Å². The topological polar surface area (TPSA) is 117 Å². The van der Waals surface area contributed by atoms with E-state index in [1.165, 1.54) is 18.5 Å². The van der Waals surface area contributed by atoms with E-state index in [9.17, 15) is 14.4 Å². The summed E-state index contributed by atoms with van der Waals surface area (Å²) >= 11 is 0. The van der Waals surface area contributed by atoms with E-state index in [2.05, 4.69) is 20.9 Å². The van der Waals surface area contributed by atoms with Crippen molar-refractivity contribution in [3.05, 3.63) is 108 Å². The van der Waals surface area contributed by atoms with Gasteiger partial charge >= 0.3 is 6.03 Å². The van der Waals surface area contributed by atoms with Gasteiger partial charge in [-0.15, -0.1) is 10.2 Å². The van der Waals surface area contributed by atoms with Crippen LogP contribution in [-0.4, -0.2) is 33.1 Å². The fraction of sp³-hybridized carbons (Fsp3) is 0.0417. The summed E-state index contributed by atoms with van der Waals surface area (Å²) in [5, 5.41) is 10.9. The van der Waals surface area contributed by atoms with Crippen LogP contribution in [0.1, 0.15) is 21.5 Å². The standard InChI is InChI=1S/C24H17N5O4/c30-20(16-11-13-17(14-12-16)21-27-25-15-33-21)28-29-22(31)24(26-23(29)32,18-7-3-1-4-8-18)19-9-5-2-6-10-19/h1-15H,(H,26,32)(H,28,30). The van der Waals surface area contributed by atoms with E-state index in [4.69, 9.17) is 4.42 Å². The Labute approximate surface area is 188 Å². The SMILES string of the molecule is O=C(NN1C(=O)NC(c2ccccc2)(c2ccccc2)C1=O)c1ccc(-c2nnco2)cc1. The average Bonchev–Trinajstić information content (AvgIpc) is 3.49. The molecule has 9 heteroatoms. The number of rotatable bonds is 5. The normalized spacial score (nSPS) is 14.7. The fourth-order valence-electron chi connectivity index (χ4n) is 3.79. The summed E-state index contributed by atoms with van der Waals surface area (Å²) in [4.78, 5) is 39.3. The van der Waals surface area contributed by atoms with Crippen LogP contribution in [0.2, 0.25) is 0 Å². The Hall–Kier alpha value is -4.79. The molecule has 33 heavy (non-hydrogen) atoms. The first-order chi connectivity index (χ1) is 16.1. The predicted octanol–water partition coefficient (Wildman–Crippen LogP) is 2.88. The molecule has 1 aliphatic heterocycles. The van der Waals surface area contributed by atoms with Gasteiger partial charge < -0.3 is 9.73 Å². The van der Waals surface area contributed by atoms with Gasteiger partial charge in [-0.05, 0) is 35.4 Å². The van der Waals surface area contributed by atoms with Crippen molar-refractivity contribution in [1.82, 2.24) is 25.9 Å². The highest BCUT2D eigenvalue weighted by Crippen LogP contribution is 2.35. The van der Waals surface area contributed by atoms with Crippen LogP contribution in [0.5, 0.6) is 0 Å². The van der Waals surface area contributed by atoms with Crippen molar-refractivity contribution in [2.24, 2.45) is 0 Å². The maximum Gasteiger partial charge on any atom is 0.344 e. The zero-order valence-electron chi connectivity index (χ0n) is 17.1. The largest absolute Gasteiger partial charge is 0.423 e. The molecule has 0 bridgehead atoms. The number of imide groups is 1. The molecule has 5 rings (SSSR count). The number of hydrogen-bond acceptors (Lipinski definition) is 6. The monoisotopic (exact) mass is 439 g/mol.